The van der Waals surface area contributed by atoms with E-state index >= 15 is 0 Å². The average Bonchev–Trinajstić information content (AvgIpc) is 2.48. The van der Waals surface area contributed by atoms with Crippen molar-refractivity contribution in [2.24, 2.45) is 0 Å². The monoisotopic (exact) mass is 180 g/mol. The van der Waals surface area contributed by atoms with Crippen LogP contribution in [0, 0.1) is 11.3 Å². The average molecular weight is 180 g/mol. The van der Waals surface area contributed by atoms with Gasteiger partial charge in [0, 0.05) is 6.08 Å². The number of hydrogen-bond acceptors (Lipinski definition) is 3. The molecule has 0 aromatic rings. The summed E-state index contributed by atoms with van der Waals surface area (Å²) in [5.41, 5.74) is 0.996. The molecule has 1 saturated heterocycles. The van der Waals surface area contributed by atoms with E-state index in [1.807, 2.05) is 13.0 Å². The first kappa shape index (κ1) is 9.75. The summed E-state index contributed by atoms with van der Waals surface area (Å²) in [4.78, 5) is 11.1. The summed E-state index contributed by atoms with van der Waals surface area (Å²) in [6.07, 6.45) is 2.36. The zero-order valence-corrected chi connectivity index (χ0v) is 7.54. The number of nitrogens with one attached hydrogen (secondary N) is 1. The molecular weight excluding hydrogens is 168 g/mol. The van der Waals surface area contributed by atoms with E-state index in [1.54, 1.807) is 0 Å². The van der Waals surface area contributed by atoms with Gasteiger partial charge in [0.2, 0.25) is 5.91 Å². The van der Waals surface area contributed by atoms with Crippen molar-refractivity contribution in [3.05, 3.63) is 11.6 Å². The SMILES string of the molecule is CC1OCC/C1=C\C(=O)NCC#N. The zero-order chi connectivity index (χ0) is 9.68. The third kappa shape index (κ3) is 2.88. The Morgan fingerprint density at radius 2 is 2.69 bits per heavy atom. The molecule has 0 saturated carbocycles. The smallest absolute Gasteiger partial charge is 0.244 e. The summed E-state index contributed by atoms with van der Waals surface area (Å²) in [5.74, 6) is -0.214. The highest BCUT2D eigenvalue weighted by Crippen LogP contribution is 2.18. The van der Waals surface area contributed by atoms with Crippen LogP contribution in [0.25, 0.3) is 0 Å². The molecule has 1 rings (SSSR count). The first-order valence-electron chi connectivity index (χ1n) is 4.21. The van der Waals surface area contributed by atoms with E-state index in [2.05, 4.69) is 5.32 Å². The molecule has 13 heavy (non-hydrogen) atoms. The molecule has 1 atom stereocenters. The first-order chi connectivity index (χ1) is 6.24. The fourth-order valence-electron chi connectivity index (χ4n) is 1.20. The van der Waals surface area contributed by atoms with E-state index in [1.165, 1.54) is 6.08 Å². The van der Waals surface area contributed by atoms with Crippen molar-refractivity contribution in [2.75, 3.05) is 13.2 Å². The van der Waals surface area contributed by atoms with Gasteiger partial charge in [0.15, 0.2) is 0 Å². The van der Waals surface area contributed by atoms with Crippen LogP contribution < -0.4 is 5.32 Å². The van der Waals surface area contributed by atoms with Gasteiger partial charge in [-0.25, -0.2) is 0 Å². The molecule has 1 amide bonds. The second kappa shape index (κ2) is 4.63. The lowest BCUT2D eigenvalue weighted by molar-refractivity contribution is -0.116. The zero-order valence-electron chi connectivity index (χ0n) is 7.54. The van der Waals surface area contributed by atoms with Gasteiger partial charge < -0.3 is 10.1 Å². The van der Waals surface area contributed by atoms with Gasteiger partial charge in [-0.15, -0.1) is 0 Å². The van der Waals surface area contributed by atoms with Gasteiger partial charge >= 0.3 is 0 Å². The molecule has 1 N–H and O–H groups in total. The van der Waals surface area contributed by atoms with Crippen LogP contribution in [0.15, 0.2) is 11.6 Å². The highest BCUT2D eigenvalue weighted by atomic mass is 16.5. The van der Waals surface area contributed by atoms with Crippen LogP contribution in [0.3, 0.4) is 0 Å². The highest BCUT2D eigenvalue weighted by Gasteiger charge is 2.17. The first-order valence-corrected chi connectivity index (χ1v) is 4.21. The predicted molar refractivity (Wildman–Crippen MR) is 46.7 cm³/mol. The lowest BCUT2D eigenvalue weighted by Crippen LogP contribution is -2.22. The Morgan fingerprint density at radius 1 is 1.92 bits per heavy atom. The summed E-state index contributed by atoms with van der Waals surface area (Å²) >= 11 is 0. The number of hydrogen-bond donors (Lipinski definition) is 1. The van der Waals surface area contributed by atoms with Crippen LogP contribution in [0.1, 0.15) is 13.3 Å². The normalized spacial score (nSPS) is 24.3. The maximum absolute atomic E-state index is 11.1. The van der Waals surface area contributed by atoms with E-state index < -0.39 is 0 Å². The lowest BCUT2D eigenvalue weighted by Gasteiger charge is -2.02. The predicted octanol–water partition coefficient (Wildman–Crippen LogP) is 0.361. The van der Waals surface area contributed by atoms with Crippen LogP contribution in [-0.2, 0) is 9.53 Å². The van der Waals surface area contributed by atoms with Crippen molar-refractivity contribution in [3.63, 3.8) is 0 Å². The summed E-state index contributed by atoms with van der Waals surface area (Å²) in [6.45, 7) is 2.65. The van der Waals surface area contributed by atoms with E-state index in [0.29, 0.717) is 6.61 Å². The maximum Gasteiger partial charge on any atom is 0.244 e. The minimum absolute atomic E-state index is 0.0350. The number of carbonyl (C=O) groups is 1. The number of rotatable bonds is 2. The van der Waals surface area contributed by atoms with Gasteiger partial charge in [-0.3, -0.25) is 4.79 Å². The van der Waals surface area contributed by atoms with E-state index in [-0.39, 0.29) is 18.6 Å². The Labute approximate surface area is 77.2 Å². The fraction of sp³-hybridized carbons (Fsp3) is 0.556. The Balaban J connectivity index is 2.45. The third-order valence-corrected chi connectivity index (χ3v) is 1.94. The molecule has 0 aliphatic carbocycles. The molecule has 0 bridgehead atoms. The van der Waals surface area contributed by atoms with Gasteiger partial charge in [-0.1, -0.05) is 0 Å². The van der Waals surface area contributed by atoms with Crippen LogP contribution in [0.5, 0.6) is 0 Å². The minimum atomic E-state index is -0.214. The van der Waals surface area contributed by atoms with Gasteiger partial charge in [-0.2, -0.15) is 5.26 Å². The number of carbonyl (C=O) groups excluding carboxylic acids is 1. The quantitative estimate of drug-likeness (QED) is 0.493. The van der Waals surface area contributed by atoms with Gasteiger partial charge in [0.05, 0.1) is 18.8 Å². The van der Waals surface area contributed by atoms with E-state index in [9.17, 15) is 4.79 Å². The topological polar surface area (TPSA) is 62.1 Å². The van der Waals surface area contributed by atoms with Crippen molar-refractivity contribution >= 4 is 5.91 Å². The highest BCUT2D eigenvalue weighted by molar-refractivity contribution is 5.88. The maximum atomic E-state index is 11.1. The molecule has 4 heteroatoms. The second-order valence-corrected chi connectivity index (χ2v) is 2.86. The Kier molecular flexibility index (Phi) is 3.47. The molecule has 1 aliphatic heterocycles. The standard InChI is InChI=1S/C9H12N2O2/c1-7-8(2-5-13-7)6-9(12)11-4-3-10/h6-7H,2,4-5H2,1H3,(H,11,12)/b8-6+. The van der Waals surface area contributed by atoms with Crippen molar-refractivity contribution in [3.8, 4) is 6.07 Å². The third-order valence-electron chi connectivity index (χ3n) is 1.94. The van der Waals surface area contributed by atoms with Crippen molar-refractivity contribution in [1.82, 2.24) is 5.32 Å². The van der Waals surface area contributed by atoms with Gasteiger partial charge in [-0.05, 0) is 18.9 Å². The Morgan fingerprint density at radius 3 is 3.23 bits per heavy atom. The summed E-state index contributed by atoms with van der Waals surface area (Å²) < 4.78 is 5.26. The summed E-state index contributed by atoms with van der Waals surface area (Å²) in [5, 5.41) is 10.7. The molecule has 4 nitrogen and oxygen atoms in total. The molecule has 0 aromatic carbocycles. The molecule has 0 radical (unpaired) electrons. The van der Waals surface area contributed by atoms with Crippen LogP contribution in [-0.4, -0.2) is 25.2 Å². The molecule has 1 fully saturated rings. The molecule has 0 aromatic heterocycles. The number of nitriles is 1. The molecule has 70 valence electrons. The van der Waals surface area contributed by atoms with Gasteiger partial charge in [0.25, 0.3) is 0 Å². The summed E-state index contributed by atoms with van der Waals surface area (Å²) in [6, 6.07) is 1.84. The minimum Gasteiger partial charge on any atom is -0.374 e. The molecule has 1 unspecified atom stereocenters. The van der Waals surface area contributed by atoms with E-state index in [0.717, 1.165) is 12.0 Å². The second-order valence-electron chi connectivity index (χ2n) is 2.86. The Bertz CT molecular complexity index is 265. The molecular formula is C9H12N2O2. The van der Waals surface area contributed by atoms with Gasteiger partial charge in [0.1, 0.15) is 6.54 Å². The molecule has 1 heterocycles. The van der Waals surface area contributed by atoms with Crippen molar-refractivity contribution < 1.29 is 9.53 Å². The molecule has 1 aliphatic rings. The Hall–Kier alpha value is -1.34. The van der Waals surface area contributed by atoms with Crippen molar-refractivity contribution in [2.45, 2.75) is 19.4 Å². The molecule has 0 spiro atoms. The largest absolute Gasteiger partial charge is 0.374 e. The number of ether oxygens (including phenoxy) is 1. The van der Waals surface area contributed by atoms with E-state index in [4.69, 9.17) is 10.00 Å². The lowest BCUT2D eigenvalue weighted by atomic mass is 10.1. The van der Waals surface area contributed by atoms with Crippen LogP contribution in [0.2, 0.25) is 0 Å². The van der Waals surface area contributed by atoms with Crippen molar-refractivity contribution in [1.29, 1.82) is 5.26 Å². The fourth-order valence-corrected chi connectivity index (χ4v) is 1.20. The number of amides is 1. The summed E-state index contributed by atoms with van der Waals surface area (Å²) in [7, 11) is 0. The van der Waals surface area contributed by atoms with Crippen LogP contribution >= 0.6 is 0 Å². The number of nitrogens with zero attached hydrogens (tertiary/aromatic N) is 1. The van der Waals surface area contributed by atoms with Crippen LogP contribution in [0.4, 0.5) is 0 Å².